The molecule has 0 fully saturated rings. The fourth-order valence-electron chi connectivity index (χ4n) is 4.74. The summed E-state index contributed by atoms with van der Waals surface area (Å²) in [5.74, 6) is -3.18. The molecule has 174 valence electrons. The van der Waals surface area contributed by atoms with Crippen molar-refractivity contribution in [2.45, 2.75) is 31.1 Å². The van der Waals surface area contributed by atoms with Crippen molar-refractivity contribution in [2.75, 3.05) is 5.73 Å². The van der Waals surface area contributed by atoms with Gasteiger partial charge in [-0.1, -0.05) is 72.9 Å². The Bertz CT molecular complexity index is 1380. The number of halogens is 3. The number of ketones is 1. The van der Waals surface area contributed by atoms with E-state index < -0.39 is 23.0 Å². The Labute approximate surface area is 210 Å². The predicted molar refractivity (Wildman–Crippen MR) is 131 cm³/mol. The number of anilines is 1. The van der Waals surface area contributed by atoms with Crippen LogP contribution in [0.5, 0.6) is 5.75 Å². The molecule has 1 amide bonds. The standard InChI is InChI=1S/C25H19Cl3N2O4/c1-11(2)12-6-7-14-19(8-12)34-25(33)15-4-3-5-18(29)20(15)22(31)24(14,25)30-23(32)21-16(27)9-13(26)10-17(21)28/h3-11,33H,29H2,1-2H3,(H,30,32). The molecule has 0 bridgehead atoms. The quantitative estimate of drug-likeness (QED) is 0.403. The van der Waals surface area contributed by atoms with E-state index in [0.717, 1.165) is 5.56 Å². The van der Waals surface area contributed by atoms with E-state index in [-0.39, 0.29) is 49.1 Å². The minimum absolute atomic E-state index is 0.00768. The van der Waals surface area contributed by atoms with E-state index in [1.807, 2.05) is 19.9 Å². The molecule has 6 nitrogen and oxygen atoms in total. The van der Waals surface area contributed by atoms with Crippen molar-refractivity contribution < 1.29 is 19.4 Å². The molecule has 2 aliphatic rings. The smallest absolute Gasteiger partial charge is 0.271 e. The third kappa shape index (κ3) is 2.93. The maximum Gasteiger partial charge on any atom is 0.271 e. The lowest BCUT2D eigenvalue weighted by Gasteiger charge is -2.34. The number of hydrogen-bond donors (Lipinski definition) is 3. The lowest BCUT2D eigenvalue weighted by Crippen LogP contribution is -2.60. The highest BCUT2D eigenvalue weighted by Crippen LogP contribution is 2.59. The first-order valence-corrected chi connectivity index (χ1v) is 11.6. The van der Waals surface area contributed by atoms with E-state index in [1.165, 1.54) is 12.1 Å². The zero-order valence-electron chi connectivity index (χ0n) is 18.1. The van der Waals surface area contributed by atoms with Crippen LogP contribution in [0, 0.1) is 0 Å². The minimum atomic E-state index is -2.24. The number of fused-ring (bicyclic) bond motifs is 5. The second kappa shape index (κ2) is 7.62. The number of rotatable bonds is 3. The Morgan fingerprint density at radius 3 is 2.38 bits per heavy atom. The summed E-state index contributed by atoms with van der Waals surface area (Å²) in [7, 11) is 0. The van der Waals surface area contributed by atoms with Crippen LogP contribution in [0.1, 0.15) is 57.2 Å². The van der Waals surface area contributed by atoms with Gasteiger partial charge in [0.2, 0.25) is 11.3 Å². The number of hydrogen-bond acceptors (Lipinski definition) is 5. The molecule has 5 rings (SSSR count). The van der Waals surface area contributed by atoms with Crippen molar-refractivity contribution in [3.8, 4) is 5.75 Å². The molecule has 1 heterocycles. The highest BCUT2D eigenvalue weighted by molar-refractivity contribution is 6.42. The van der Waals surface area contributed by atoms with Crippen LogP contribution in [0.15, 0.2) is 48.5 Å². The van der Waals surface area contributed by atoms with Gasteiger partial charge in [0.1, 0.15) is 5.75 Å². The zero-order valence-corrected chi connectivity index (χ0v) is 20.3. The predicted octanol–water partition coefficient (Wildman–Crippen LogP) is 5.41. The number of Topliss-reactive ketones (excluding diaryl/α,β-unsaturated/α-hetero) is 1. The number of nitrogens with two attached hydrogens (primary N) is 1. The second-order valence-corrected chi connectivity index (χ2v) is 9.95. The van der Waals surface area contributed by atoms with Crippen molar-refractivity contribution in [1.82, 2.24) is 5.32 Å². The largest absolute Gasteiger partial charge is 0.454 e. The molecule has 3 aromatic carbocycles. The van der Waals surface area contributed by atoms with Gasteiger partial charge in [-0.2, -0.15) is 0 Å². The lowest BCUT2D eigenvalue weighted by molar-refractivity contribution is -0.169. The summed E-state index contributed by atoms with van der Waals surface area (Å²) in [6, 6.07) is 12.7. The van der Waals surface area contributed by atoms with Crippen LogP contribution in [0.2, 0.25) is 15.1 Å². The van der Waals surface area contributed by atoms with E-state index in [1.54, 1.807) is 30.3 Å². The number of amides is 1. The minimum Gasteiger partial charge on any atom is -0.454 e. The molecule has 0 spiro atoms. The number of nitrogen functional groups attached to an aromatic ring is 1. The lowest BCUT2D eigenvalue weighted by atomic mass is 9.82. The van der Waals surface area contributed by atoms with E-state index in [4.69, 9.17) is 45.3 Å². The van der Waals surface area contributed by atoms with Gasteiger partial charge in [0.15, 0.2) is 0 Å². The average Bonchev–Trinajstić information content (AvgIpc) is 3.10. The molecule has 1 aliphatic carbocycles. The summed E-state index contributed by atoms with van der Waals surface area (Å²) in [6.07, 6.45) is 0. The first kappa shape index (κ1) is 23.0. The monoisotopic (exact) mass is 516 g/mol. The van der Waals surface area contributed by atoms with E-state index in [2.05, 4.69) is 5.32 Å². The fourth-order valence-corrected chi connectivity index (χ4v) is 5.73. The summed E-state index contributed by atoms with van der Waals surface area (Å²) >= 11 is 18.5. The maximum absolute atomic E-state index is 14.0. The molecule has 0 aromatic heterocycles. The molecule has 1 aliphatic heterocycles. The number of benzene rings is 3. The van der Waals surface area contributed by atoms with Crippen molar-refractivity contribution in [1.29, 1.82) is 0 Å². The summed E-state index contributed by atoms with van der Waals surface area (Å²) in [6.45, 7) is 4.02. The molecule has 2 atom stereocenters. The van der Waals surface area contributed by atoms with Gasteiger partial charge in [0.05, 0.1) is 21.2 Å². The van der Waals surface area contributed by atoms with Gasteiger partial charge in [-0.05, 0) is 35.7 Å². The average molecular weight is 518 g/mol. The Hall–Kier alpha value is -2.77. The van der Waals surface area contributed by atoms with Gasteiger partial charge >= 0.3 is 0 Å². The molecular formula is C25H19Cl3N2O4. The van der Waals surface area contributed by atoms with Crippen LogP contribution in [0.25, 0.3) is 0 Å². The van der Waals surface area contributed by atoms with Crippen LogP contribution >= 0.6 is 34.8 Å². The van der Waals surface area contributed by atoms with E-state index in [0.29, 0.717) is 5.56 Å². The van der Waals surface area contributed by atoms with E-state index in [9.17, 15) is 14.7 Å². The zero-order chi connectivity index (χ0) is 24.6. The van der Waals surface area contributed by atoms with E-state index >= 15 is 0 Å². The van der Waals surface area contributed by atoms with Gasteiger partial charge in [0, 0.05) is 21.8 Å². The summed E-state index contributed by atoms with van der Waals surface area (Å²) in [5, 5.41) is 14.9. The Kier molecular flexibility index (Phi) is 5.15. The molecule has 3 aromatic rings. The fraction of sp³-hybridized carbons (Fsp3) is 0.200. The number of carbonyl (C=O) groups excluding carboxylic acids is 2. The number of carbonyl (C=O) groups is 2. The highest BCUT2D eigenvalue weighted by Gasteiger charge is 2.72. The Balaban J connectivity index is 1.74. The van der Waals surface area contributed by atoms with Crippen molar-refractivity contribution in [2.24, 2.45) is 0 Å². The molecule has 0 radical (unpaired) electrons. The first-order chi connectivity index (χ1) is 16.0. The van der Waals surface area contributed by atoms with Crippen LogP contribution in [0.3, 0.4) is 0 Å². The number of ether oxygens (including phenoxy) is 1. The molecular weight excluding hydrogens is 499 g/mol. The Morgan fingerprint density at radius 2 is 1.74 bits per heavy atom. The molecule has 0 saturated heterocycles. The highest BCUT2D eigenvalue weighted by atomic mass is 35.5. The van der Waals surface area contributed by atoms with Gasteiger partial charge in [0.25, 0.3) is 11.7 Å². The first-order valence-electron chi connectivity index (χ1n) is 10.5. The summed E-state index contributed by atoms with van der Waals surface area (Å²) in [4.78, 5) is 27.5. The molecule has 9 heteroatoms. The second-order valence-electron chi connectivity index (χ2n) is 8.70. The van der Waals surface area contributed by atoms with Crippen LogP contribution in [0.4, 0.5) is 5.69 Å². The SMILES string of the molecule is CC(C)c1ccc2c(c1)OC1(O)c3cccc(N)c3C(=O)C21NC(=O)c1c(Cl)cc(Cl)cc1Cl. The van der Waals surface area contributed by atoms with Gasteiger partial charge in [-0.3, -0.25) is 9.59 Å². The van der Waals surface area contributed by atoms with Gasteiger partial charge < -0.3 is 20.9 Å². The topological polar surface area (TPSA) is 102 Å². The van der Waals surface area contributed by atoms with Gasteiger partial charge in [-0.15, -0.1) is 0 Å². The molecule has 34 heavy (non-hydrogen) atoms. The third-order valence-electron chi connectivity index (χ3n) is 6.41. The van der Waals surface area contributed by atoms with Crippen molar-refractivity contribution in [3.63, 3.8) is 0 Å². The van der Waals surface area contributed by atoms with Crippen LogP contribution in [-0.2, 0) is 11.3 Å². The van der Waals surface area contributed by atoms with Gasteiger partial charge in [-0.25, -0.2) is 0 Å². The van der Waals surface area contributed by atoms with Crippen molar-refractivity contribution in [3.05, 3.63) is 91.4 Å². The Morgan fingerprint density at radius 1 is 1.06 bits per heavy atom. The number of nitrogens with one attached hydrogen (secondary N) is 1. The summed E-state index contributed by atoms with van der Waals surface area (Å²) < 4.78 is 6.06. The van der Waals surface area contributed by atoms with Crippen LogP contribution < -0.4 is 15.8 Å². The molecule has 2 unspecified atom stereocenters. The third-order valence-corrected chi connectivity index (χ3v) is 7.22. The normalized spacial score (nSPS) is 22.3. The summed E-state index contributed by atoms with van der Waals surface area (Å²) in [5.41, 5.74) is 5.65. The van der Waals surface area contributed by atoms with Crippen LogP contribution in [-0.4, -0.2) is 16.8 Å². The maximum atomic E-state index is 14.0. The molecule has 0 saturated carbocycles. The molecule has 4 N–H and O–H groups in total. The number of aliphatic hydroxyl groups is 1. The van der Waals surface area contributed by atoms with Crippen molar-refractivity contribution >= 4 is 52.2 Å².